The van der Waals surface area contributed by atoms with Gasteiger partial charge in [-0.05, 0) is 30.7 Å². The number of amides is 1. The minimum atomic E-state index is -0.261. The highest BCUT2D eigenvalue weighted by Gasteiger charge is 2.07. The normalized spacial score (nSPS) is 10.4. The average molecular weight is 294 g/mol. The molecule has 1 N–H and O–H groups in total. The van der Waals surface area contributed by atoms with Gasteiger partial charge in [0.05, 0.1) is 18.2 Å². The Hall–Kier alpha value is -3.02. The van der Waals surface area contributed by atoms with Crippen LogP contribution in [0.2, 0.25) is 0 Å². The molecular weight excluding hydrogens is 280 g/mol. The van der Waals surface area contributed by atoms with Crippen LogP contribution < -0.4 is 5.32 Å². The lowest BCUT2D eigenvalue weighted by atomic mass is 10.2. The zero-order valence-electron chi connectivity index (χ0n) is 12.0. The molecule has 3 aromatic rings. The summed E-state index contributed by atoms with van der Waals surface area (Å²) in [5, 5.41) is 2.78. The van der Waals surface area contributed by atoms with E-state index in [1.807, 2.05) is 31.2 Å². The number of hydrogen-bond acceptors (Lipinski definition) is 5. The summed E-state index contributed by atoms with van der Waals surface area (Å²) in [5.74, 6) is 0.452. The Morgan fingerprint density at radius 2 is 2.05 bits per heavy atom. The number of rotatable bonds is 4. The van der Waals surface area contributed by atoms with Gasteiger partial charge in [0.1, 0.15) is 11.4 Å². The van der Waals surface area contributed by atoms with Crippen LogP contribution in [0.4, 0.5) is 0 Å². The predicted octanol–water partition coefficient (Wildman–Crippen LogP) is 2.37. The summed E-state index contributed by atoms with van der Waals surface area (Å²) >= 11 is 0. The van der Waals surface area contributed by atoms with Crippen LogP contribution in [0.15, 0.2) is 53.5 Å². The summed E-state index contributed by atoms with van der Waals surface area (Å²) in [4.78, 5) is 24.3. The third kappa shape index (κ3) is 3.17. The number of aromatic nitrogens is 3. The molecule has 0 unspecified atom stereocenters. The van der Waals surface area contributed by atoms with Crippen LogP contribution in [-0.4, -0.2) is 20.9 Å². The van der Waals surface area contributed by atoms with Gasteiger partial charge in [-0.1, -0.05) is 6.07 Å². The first-order chi connectivity index (χ1) is 10.7. The zero-order chi connectivity index (χ0) is 15.4. The van der Waals surface area contributed by atoms with Crippen molar-refractivity contribution in [2.45, 2.75) is 13.5 Å². The molecule has 0 bridgehead atoms. The molecule has 1 amide bonds. The number of furan rings is 1. The summed E-state index contributed by atoms with van der Waals surface area (Å²) in [7, 11) is 0. The molecular formula is C16H14N4O2. The van der Waals surface area contributed by atoms with Crippen LogP contribution >= 0.6 is 0 Å². The van der Waals surface area contributed by atoms with Crippen LogP contribution in [0.3, 0.4) is 0 Å². The highest BCUT2D eigenvalue weighted by atomic mass is 16.3. The first-order valence-electron chi connectivity index (χ1n) is 6.78. The maximum Gasteiger partial charge on any atom is 0.271 e. The van der Waals surface area contributed by atoms with Crippen LogP contribution in [0.1, 0.15) is 21.7 Å². The van der Waals surface area contributed by atoms with E-state index in [2.05, 4.69) is 20.3 Å². The van der Waals surface area contributed by atoms with E-state index in [0.29, 0.717) is 18.0 Å². The highest BCUT2D eigenvalue weighted by molar-refractivity contribution is 5.91. The largest absolute Gasteiger partial charge is 0.463 e. The Morgan fingerprint density at radius 1 is 1.14 bits per heavy atom. The number of hydrogen-bond donors (Lipinski definition) is 1. The summed E-state index contributed by atoms with van der Waals surface area (Å²) in [5.41, 5.74) is 2.72. The highest BCUT2D eigenvalue weighted by Crippen LogP contribution is 2.16. The number of carbonyl (C=O) groups excluding carboxylic acids is 1. The van der Waals surface area contributed by atoms with Gasteiger partial charge in [-0.25, -0.2) is 4.98 Å². The molecule has 0 aliphatic rings. The maximum absolute atomic E-state index is 11.9. The van der Waals surface area contributed by atoms with Crippen molar-refractivity contribution in [1.29, 1.82) is 0 Å². The number of nitrogens with zero attached hydrogens (tertiary/aromatic N) is 3. The summed E-state index contributed by atoms with van der Waals surface area (Å²) < 4.78 is 5.28. The lowest BCUT2D eigenvalue weighted by molar-refractivity contribution is 0.0945. The van der Waals surface area contributed by atoms with E-state index in [1.54, 1.807) is 18.7 Å². The van der Waals surface area contributed by atoms with E-state index in [0.717, 1.165) is 17.0 Å². The van der Waals surface area contributed by atoms with E-state index in [-0.39, 0.29) is 5.91 Å². The third-order valence-electron chi connectivity index (χ3n) is 3.07. The molecule has 0 aliphatic heterocycles. The lowest BCUT2D eigenvalue weighted by Crippen LogP contribution is -2.24. The zero-order valence-corrected chi connectivity index (χ0v) is 12.0. The average Bonchev–Trinajstić information content (AvgIpc) is 3.08. The van der Waals surface area contributed by atoms with Crippen LogP contribution in [0.25, 0.3) is 11.5 Å². The van der Waals surface area contributed by atoms with Gasteiger partial charge in [-0.3, -0.25) is 14.8 Å². The fraction of sp³-hybridized carbons (Fsp3) is 0.125. The second-order valence-corrected chi connectivity index (χ2v) is 4.75. The molecule has 0 atom stereocenters. The number of nitrogens with one attached hydrogen (secondary N) is 1. The molecule has 0 aromatic carbocycles. The Morgan fingerprint density at radius 3 is 2.68 bits per heavy atom. The van der Waals surface area contributed by atoms with Crippen LogP contribution in [-0.2, 0) is 6.54 Å². The summed E-state index contributed by atoms with van der Waals surface area (Å²) in [6.45, 7) is 2.20. The fourth-order valence-corrected chi connectivity index (χ4v) is 1.88. The lowest BCUT2D eigenvalue weighted by Gasteiger charge is -2.05. The van der Waals surface area contributed by atoms with E-state index in [1.165, 1.54) is 6.20 Å². The molecule has 0 radical (unpaired) electrons. The molecule has 0 spiro atoms. The maximum atomic E-state index is 11.9. The standard InChI is InChI=1S/C16H14N4O2/c1-11-7-18-14(10-17-11)16(21)20-9-12-4-5-13(19-8-12)15-3-2-6-22-15/h2-8,10H,9H2,1H3,(H,20,21). The minimum absolute atomic E-state index is 0.261. The SMILES string of the molecule is Cc1cnc(C(=O)NCc2ccc(-c3ccco3)nc2)cn1. The molecule has 3 rings (SSSR count). The van der Waals surface area contributed by atoms with E-state index < -0.39 is 0 Å². The number of pyridine rings is 1. The molecule has 0 saturated carbocycles. The molecule has 3 aromatic heterocycles. The van der Waals surface area contributed by atoms with Crippen molar-refractivity contribution in [3.05, 3.63) is 66.1 Å². The predicted molar refractivity (Wildman–Crippen MR) is 79.9 cm³/mol. The monoisotopic (exact) mass is 294 g/mol. The van der Waals surface area contributed by atoms with E-state index in [9.17, 15) is 4.79 Å². The molecule has 3 heterocycles. The van der Waals surface area contributed by atoms with Gasteiger partial charge < -0.3 is 9.73 Å². The molecule has 6 heteroatoms. The van der Waals surface area contributed by atoms with Crippen molar-refractivity contribution in [1.82, 2.24) is 20.3 Å². The van der Waals surface area contributed by atoms with E-state index in [4.69, 9.17) is 4.42 Å². The minimum Gasteiger partial charge on any atom is -0.463 e. The Labute approximate surface area is 127 Å². The molecule has 110 valence electrons. The Bertz CT molecular complexity index is 750. The molecule has 0 aliphatic carbocycles. The second-order valence-electron chi connectivity index (χ2n) is 4.75. The van der Waals surface area contributed by atoms with Gasteiger partial charge in [0.25, 0.3) is 5.91 Å². The molecule has 6 nitrogen and oxygen atoms in total. The second kappa shape index (κ2) is 6.17. The van der Waals surface area contributed by atoms with Crippen molar-refractivity contribution in [3.8, 4) is 11.5 Å². The van der Waals surface area contributed by atoms with Gasteiger partial charge in [-0.15, -0.1) is 0 Å². The quantitative estimate of drug-likeness (QED) is 0.799. The topological polar surface area (TPSA) is 80.9 Å². The Kier molecular flexibility index (Phi) is 3.91. The summed E-state index contributed by atoms with van der Waals surface area (Å²) in [6.07, 6.45) is 6.34. The van der Waals surface area contributed by atoms with Crippen molar-refractivity contribution < 1.29 is 9.21 Å². The smallest absolute Gasteiger partial charge is 0.271 e. The molecule has 0 fully saturated rings. The number of carbonyl (C=O) groups is 1. The summed E-state index contributed by atoms with van der Waals surface area (Å²) in [6, 6.07) is 7.41. The molecule has 0 saturated heterocycles. The number of aryl methyl sites for hydroxylation is 1. The Balaban J connectivity index is 1.61. The first kappa shape index (κ1) is 13.9. The van der Waals surface area contributed by atoms with Crippen molar-refractivity contribution in [3.63, 3.8) is 0 Å². The van der Waals surface area contributed by atoms with Gasteiger partial charge in [-0.2, -0.15) is 0 Å². The van der Waals surface area contributed by atoms with Crippen LogP contribution in [0.5, 0.6) is 0 Å². The van der Waals surface area contributed by atoms with E-state index >= 15 is 0 Å². The van der Waals surface area contributed by atoms with Gasteiger partial charge in [0, 0.05) is 18.9 Å². The van der Waals surface area contributed by atoms with Crippen molar-refractivity contribution >= 4 is 5.91 Å². The van der Waals surface area contributed by atoms with Crippen molar-refractivity contribution in [2.24, 2.45) is 0 Å². The van der Waals surface area contributed by atoms with Gasteiger partial charge in [0.15, 0.2) is 5.76 Å². The van der Waals surface area contributed by atoms with Crippen molar-refractivity contribution in [2.75, 3.05) is 0 Å². The van der Waals surface area contributed by atoms with Crippen LogP contribution in [0, 0.1) is 6.92 Å². The first-order valence-corrected chi connectivity index (χ1v) is 6.78. The van der Waals surface area contributed by atoms with Gasteiger partial charge in [0.2, 0.25) is 0 Å². The fourth-order valence-electron chi connectivity index (χ4n) is 1.88. The third-order valence-corrected chi connectivity index (χ3v) is 3.07. The van der Waals surface area contributed by atoms with Gasteiger partial charge >= 0.3 is 0 Å². The molecule has 22 heavy (non-hydrogen) atoms.